The number of rotatable bonds is 5. The highest BCUT2D eigenvalue weighted by atomic mass is 32.2. The van der Waals surface area contributed by atoms with Gasteiger partial charge in [-0.25, -0.2) is 5.48 Å². The van der Waals surface area contributed by atoms with E-state index in [1.165, 1.54) is 12.1 Å². The second-order valence-electron chi connectivity index (χ2n) is 4.01. The third-order valence-electron chi connectivity index (χ3n) is 2.27. The fraction of sp³-hybridized carbons (Fsp3) is 0.364. The Morgan fingerprint density at radius 3 is 2.39 bits per heavy atom. The molecule has 0 aliphatic carbocycles. The Hall–Kier alpha value is -1.60. The summed E-state index contributed by atoms with van der Waals surface area (Å²) in [7, 11) is -3.53. The van der Waals surface area contributed by atoms with E-state index in [1.807, 2.05) is 0 Å². The summed E-state index contributed by atoms with van der Waals surface area (Å²) in [4.78, 5) is 11.1. The van der Waals surface area contributed by atoms with Crippen LogP contribution in [0, 0.1) is 5.92 Å². The lowest BCUT2D eigenvalue weighted by Crippen LogP contribution is -2.27. The predicted molar refractivity (Wildman–Crippen MR) is 64.7 cm³/mol. The topological polar surface area (TPSA) is 92.7 Å². The first-order valence-electron chi connectivity index (χ1n) is 5.24. The van der Waals surface area contributed by atoms with E-state index >= 15 is 0 Å². The van der Waals surface area contributed by atoms with Crippen molar-refractivity contribution in [2.75, 3.05) is 6.26 Å². The average Bonchev–Trinajstić information content (AvgIpc) is 2.28. The maximum Gasteiger partial charge on any atom is 0.306 e. The number of hydrogen-bond donors (Lipinski definition) is 2. The largest absolute Gasteiger partial charge is 0.383 e. The third-order valence-corrected chi connectivity index (χ3v) is 2.77. The molecule has 1 aromatic carbocycles. The number of carbonyl (C=O) groups excluding carboxylic acids is 1. The average molecular weight is 273 g/mol. The van der Waals surface area contributed by atoms with Gasteiger partial charge >= 0.3 is 10.1 Å². The van der Waals surface area contributed by atoms with Crippen LogP contribution in [0.5, 0.6) is 5.75 Å². The smallest absolute Gasteiger partial charge is 0.306 e. The Morgan fingerprint density at radius 2 is 1.94 bits per heavy atom. The van der Waals surface area contributed by atoms with Crippen molar-refractivity contribution in [1.29, 1.82) is 0 Å². The molecule has 7 heteroatoms. The molecule has 0 spiro atoms. The van der Waals surface area contributed by atoms with Crippen molar-refractivity contribution < 1.29 is 22.6 Å². The second kappa shape index (κ2) is 5.83. The molecule has 0 aromatic heterocycles. The van der Waals surface area contributed by atoms with Crippen molar-refractivity contribution in [3.63, 3.8) is 0 Å². The summed E-state index contributed by atoms with van der Waals surface area (Å²) < 4.78 is 26.5. The van der Waals surface area contributed by atoms with Gasteiger partial charge in [0, 0.05) is 5.92 Å². The Labute approximate surface area is 106 Å². The summed E-state index contributed by atoms with van der Waals surface area (Å²) in [5.74, 6) is -0.622. The SMILES string of the molecule is CC(Cc1ccc(OS(C)(=O)=O)cc1)C(=O)NO. The standard InChI is InChI=1S/C11H15NO5S/c1-8(11(13)12-14)7-9-3-5-10(6-4-9)17-18(2,15)16/h3-6,8,14H,7H2,1-2H3,(H,12,13). The van der Waals surface area contributed by atoms with Gasteiger partial charge in [0.2, 0.25) is 5.91 Å². The number of carbonyl (C=O) groups is 1. The predicted octanol–water partition coefficient (Wildman–Crippen LogP) is 0.709. The van der Waals surface area contributed by atoms with E-state index in [-0.39, 0.29) is 11.7 Å². The highest BCUT2D eigenvalue weighted by molar-refractivity contribution is 7.86. The minimum atomic E-state index is -3.53. The van der Waals surface area contributed by atoms with Crippen LogP contribution in [0.25, 0.3) is 0 Å². The van der Waals surface area contributed by atoms with Gasteiger partial charge in [-0.3, -0.25) is 10.0 Å². The number of benzene rings is 1. The molecule has 0 aliphatic heterocycles. The summed E-state index contributed by atoms with van der Waals surface area (Å²) in [6.07, 6.45) is 1.40. The number of amides is 1. The van der Waals surface area contributed by atoms with Crippen molar-refractivity contribution in [1.82, 2.24) is 5.48 Å². The first-order chi connectivity index (χ1) is 8.31. The van der Waals surface area contributed by atoms with Crippen LogP contribution in [0.2, 0.25) is 0 Å². The molecule has 100 valence electrons. The normalized spacial score (nSPS) is 12.8. The number of hydroxylamine groups is 1. The lowest BCUT2D eigenvalue weighted by atomic mass is 10.0. The molecule has 1 amide bonds. The van der Waals surface area contributed by atoms with Crippen LogP contribution in [-0.4, -0.2) is 25.8 Å². The number of nitrogens with one attached hydrogen (secondary N) is 1. The van der Waals surface area contributed by atoms with Crippen molar-refractivity contribution >= 4 is 16.0 Å². The zero-order valence-electron chi connectivity index (χ0n) is 10.1. The Balaban J connectivity index is 2.69. The first kappa shape index (κ1) is 14.5. The molecule has 18 heavy (non-hydrogen) atoms. The van der Waals surface area contributed by atoms with Crippen LogP contribution in [0.15, 0.2) is 24.3 Å². The van der Waals surface area contributed by atoms with Crippen molar-refractivity contribution in [2.24, 2.45) is 5.92 Å². The van der Waals surface area contributed by atoms with E-state index in [0.29, 0.717) is 6.42 Å². The minimum Gasteiger partial charge on any atom is -0.383 e. The van der Waals surface area contributed by atoms with Gasteiger partial charge in [0.1, 0.15) is 5.75 Å². The summed E-state index contributed by atoms with van der Waals surface area (Å²) in [6, 6.07) is 6.36. The fourth-order valence-electron chi connectivity index (χ4n) is 1.41. The molecule has 0 saturated heterocycles. The maximum atomic E-state index is 11.1. The van der Waals surface area contributed by atoms with E-state index in [0.717, 1.165) is 11.8 Å². The highest BCUT2D eigenvalue weighted by Gasteiger charge is 2.12. The Morgan fingerprint density at radius 1 is 1.39 bits per heavy atom. The van der Waals surface area contributed by atoms with Crippen LogP contribution in [0.4, 0.5) is 0 Å². The monoisotopic (exact) mass is 273 g/mol. The minimum absolute atomic E-state index is 0.223. The molecule has 1 rings (SSSR count). The van der Waals surface area contributed by atoms with Gasteiger partial charge in [0.05, 0.1) is 6.26 Å². The van der Waals surface area contributed by atoms with Crippen molar-refractivity contribution in [3.05, 3.63) is 29.8 Å². The van der Waals surface area contributed by atoms with Crippen LogP contribution in [0.1, 0.15) is 12.5 Å². The zero-order chi connectivity index (χ0) is 13.8. The van der Waals surface area contributed by atoms with Crippen molar-refractivity contribution in [3.8, 4) is 5.75 Å². The summed E-state index contributed by atoms with van der Waals surface area (Å²) in [6.45, 7) is 1.67. The molecule has 0 bridgehead atoms. The highest BCUT2D eigenvalue weighted by Crippen LogP contribution is 2.16. The third kappa shape index (κ3) is 4.72. The molecule has 2 N–H and O–H groups in total. The van der Waals surface area contributed by atoms with Gasteiger partial charge in [-0.15, -0.1) is 0 Å². The summed E-state index contributed by atoms with van der Waals surface area (Å²) >= 11 is 0. The molecule has 6 nitrogen and oxygen atoms in total. The first-order valence-corrected chi connectivity index (χ1v) is 7.06. The molecule has 0 heterocycles. The molecular formula is C11H15NO5S. The van der Waals surface area contributed by atoms with Crippen molar-refractivity contribution in [2.45, 2.75) is 13.3 Å². The summed E-state index contributed by atoms with van der Waals surface area (Å²) in [5.41, 5.74) is 2.42. The molecule has 0 aliphatic rings. The molecule has 1 aromatic rings. The van der Waals surface area contributed by atoms with E-state index in [1.54, 1.807) is 24.5 Å². The van der Waals surface area contributed by atoms with E-state index < -0.39 is 16.0 Å². The second-order valence-corrected chi connectivity index (χ2v) is 5.59. The van der Waals surface area contributed by atoms with Crippen LogP contribution in [-0.2, 0) is 21.3 Å². The van der Waals surface area contributed by atoms with Gasteiger partial charge in [0.15, 0.2) is 0 Å². The van der Waals surface area contributed by atoms with Gasteiger partial charge in [-0.05, 0) is 24.1 Å². The molecular weight excluding hydrogens is 258 g/mol. The van der Waals surface area contributed by atoms with Gasteiger partial charge < -0.3 is 4.18 Å². The molecule has 1 unspecified atom stereocenters. The molecule has 1 atom stereocenters. The molecule has 0 fully saturated rings. The Bertz CT molecular complexity index is 509. The van der Waals surface area contributed by atoms with E-state index in [2.05, 4.69) is 4.18 Å². The lowest BCUT2D eigenvalue weighted by molar-refractivity contribution is -0.132. The zero-order valence-corrected chi connectivity index (χ0v) is 10.9. The quantitative estimate of drug-likeness (QED) is 0.468. The van der Waals surface area contributed by atoms with E-state index in [9.17, 15) is 13.2 Å². The summed E-state index contributed by atoms with van der Waals surface area (Å²) in [5, 5.41) is 8.47. The number of hydrogen-bond acceptors (Lipinski definition) is 5. The molecule has 0 saturated carbocycles. The van der Waals surface area contributed by atoms with Gasteiger partial charge in [-0.1, -0.05) is 19.1 Å². The fourth-order valence-corrected chi connectivity index (χ4v) is 1.87. The van der Waals surface area contributed by atoms with Crippen LogP contribution < -0.4 is 9.66 Å². The molecule has 0 radical (unpaired) electrons. The van der Waals surface area contributed by atoms with Crippen LogP contribution in [0.3, 0.4) is 0 Å². The van der Waals surface area contributed by atoms with Gasteiger partial charge in [-0.2, -0.15) is 8.42 Å². The lowest BCUT2D eigenvalue weighted by Gasteiger charge is -2.09. The van der Waals surface area contributed by atoms with E-state index in [4.69, 9.17) is 5.21 Å². The maximum absolute atomic E-state index is 11.1. The van der Waals surface area contributed by atoms with Crippen LogP contribution >= 0.6 is 0 Å². The van der Waals surface area contributed by atoms with Gasteiger partial charge in [0.25, 0.3) is 0 Å². The Kier molecular flexibility index (Phi) is 4.69.